The van der Waals surface area contributed by atoms with Gasteiger partial charge in [0.05, 0.1) is 0 Å². The standard InChI is InChI=1S/C7H13Cl/c1-7(2,3)5-4-6-8/h4,6H,5H2,1-3H3. The van der Waals surface area contributed by atoms with E-state index in [-0.39, 0.29) is 0 Å². The van der Waals surface area contributed by atoms with Crippen LogP contribution in [0.15, 0.2) is 11.6 Å². The SMILES string of the molecule is CC(C)(C)CC=CCl. The second kappa shape index (κ2) is 3.13. The third-order valence-corrected chi connectivity index (χ3v) is 0.997. The predicted molar refractivity (Wildman–Crippen MR) is 39.1 cm³/mol. The van der Waals surface area contributed by atoms with Crippen LogP contribution in [0.25, 0.3) is 0 Å². The molecule has 0 nitrogen and oxygen atoms in total. The molecule has 0 aromatic rings. The highest BCUT2D eigenvalue weighted by atomic mass is 35.5. The summed E-state index contributed by atoms with van der Waals surface area (Å²) in [6.07, 6.45) is 3.03. The van der Waals surface area contributed by atoms with E-state index in [1.165, 1.54) is 0 Å². The van der Waals surface area contributed by atoms with Crippen LogP contribution in [0.5, 0.6) is 0 Å². The average Bonchev–Trinajstić information content (AvgIpc) is 1.59. The Hall–Kier alpha value is 0.0300. The van der Waals surface area contributed by atoms with E-state index in [0.717, 1.165) is 6.42 Å². The van der Waals surface area contributed by atoms with Gasteiger partial charge in [0.1, 0.15) is 0 Å². The first-order valence-corrected chi connectivity index (χ1v) is 3.25. The van der Waals surface area contributed by atoms with Crippen LogP contribution >= 0.6 is 11.6 Å². The Kier molecular flexibility index (Phi) is 3.15. The van der Waals surface area contributed by atoms with Gasteiger partial charge >= 0.3 is 0 Å². The number of allylic oxidation sites excluding steroid dienone is 1. The van der Waals surface area contributed by atoms with Crippen LogP contribution in [0.4, 0.5) is 0 Å². The molecule has 0 spiro atoms. The Morgan fingerprint density at radius 1 is 1.38 bits per heavy atom. The quantitative estimate of drug-likeness (QED) is 0.514. The summed E-state index contributed by atoms with van der Waals surface area (Å²) in [5.41, 5.74) is 1.96. The minimum Gasteiger partial charge on any atom is -0.0933 e. The Bertz CT molecular complexity index is 76.9. The van der Waals surface area contributed by atoms with Crippen LogP contribution < -0.4 is 0 Å². The fourth-order valence-corrected chi connectivity index (χ4v) is 0.487. The highest BCUT2D eigenvalue weighted by Crippen LogP contribution is 2.18. The van der Waals surface area contributed by atoms with E-state index in [9.17, 15) is 0 Å². The van der Waals surface area contributed by atoms with E-state index in [4.69, 9.17) is 11.6 Å². The van der Waals surface area contributed by atoms with Gasteiger partial charge in [0.25, 0.3) is 0 Å². The first-order chi connectivity index (χ1) is 3.56. The highest BCUT2D eigenvalue weighted by molar-refractivity contribution is 6.25. The zero-order chi connectivity index (χ0) is 6.62. The zero-order valence-electron chi connectivity index (χ0n) is 5.74. The van der Waals surface area contributed by atoms with Crippen LogP contribution in [0, 0.1) is 5.41 Å². The molecular formula is C7H13Cl. The molecule has 0 aliphatic heterocycles. The highest BCUT2D eigenvalue weighted by Gasteiger charge is 2.05. The van der Waals surface area contributed by atoms with E-state index in [0.29, 0.717) is 5.41 Å². The molecule has 1 heteroatoms. The molecule has 0 saturated heterocycles. The maximum absolute atomic E-state index is 5.33. The summed E-state index contributed by atoms with van der Waals surface area (Å²) in [6.45, 7) is 6.55. The van der Waals surface area contributed by atoms with Crippen molar-refractivity contribution in [1.29, 1.82) is 0 Å². The molecule has 0 bridgehead atoms. The summed E-state index contributed by atoms with van der Waals surface area (Å²) in [7, 11) is 0. The van der Waals surface area contributed by atoms with Crippen LogP contribution in [0.1, 0.15) is 27.2 Å². The first kappa shape index (κ1) is 8.03. The summed E-state index contributed by atoms with van der Waals surface area (Å²) < 4.78 is 0. The van der Waals surface area contributed by atoms with E-state index in [1.807, 2.05) is 6.08 Å². The number of hydrogen-bond donors (Lipinski definition) is 0. The molecule has 0 rings (SSSR count). The second-order valence-electron chi connectivity index (χ2n) is 3.13. The van der Waals surface area contributed by atoms with Gasteiger partial charge in [-0.05, 0) is 11.8 Å². The molecule has 0 aromatic heterocycles. The van der Waals surface area contributed by atoms with Crippen LogP contribution in [-0.2, 0) is 0 Å². The van der Waals surface area contributed by atoms with Crippen LogP contribution in [0.2, 0.25) is 0 Å². The summed E-state index contributed by atoms with van der Waals surface area (Å²) in [4.78, 5) is 0. The fourth-order valence-electron chi connectivity index (χ4n) is 0.398. The Balaban J connectivity index is 3.39. The molecule has 0 unspecified atom stereocenters. The summed E-state index contributed by atoms with van der Waals surface area (Å²) in [6, 6.07) is 0. The first-order valence-electron chi connectivity index (χ1n) is 2.81. The lowest BCUT2D eigenvalue weighted by molar-refractivity contribution is 0.421. The van der Waals surface area contributed by atoms with Crippen LogP contribution in [-0.4, -0.2) is 0 Å². The molecule has 0 aromatic carbocycles. The third kappa shape index (κ3) is 6.03. The molecule has 0 saturated carbocycles. The van der Waals surface area contributed by atoms with Gasteiger partial charge in [0, 0.05) is 5.54 Å². The number of rotatable bonds is 1. The maximum Gasteiger partial charge on any atom is 0.000266 e. The van der Waals surface area contributed by atoms with Crippen molar-refractivity contribution in [2.75, 3.05) is 0 Å². The van der Waals surface area contributed by atoms with Crippen molar-refractivity contribution in [3.63, 3.8) is 0 Å². The van der Waals surface area contributed by atoms with E-state index in [1.54, 1.807) is 5.54 Å². The summed E-state index contributed by atoms with van der Waals surface area (Å²) in [5, 5.41) is 0. The number of hydrogen-bond acceptors (Lipinski definition) is 0. The minimum atomic E-state index is 0.380. The smallest absolute Gasteiger partial charge is 0.000266 e. The molecule has 0 atom stereocenters. The molecule has 0 aliphatic carbocycles. The number of halogens is 1. The largest absolute Gasteiger partial charge is 0.0933 e. The van der Waals surface area contributed by atoms with E-state index in [2.05, 4.69) is 20.8 Å². The molecule has 0 N–H and O–H groups in total. The fraction of sp³-hybridized carbons (Fsp3) is 0.714. The molecule has 8 heavy (non-hydrogen) atoms. The molecule has 0 radical (unpaired) electrons. The van der Waals surface area contributed by atoms with Gasteiger partial charge in [-0.15, -0.1) is 0 Å². The van der Waals surface area contributed by atoms with Crippen molar-refractivity contribution in [1.82, 2.24) is 0 Å². The van der Waals surface area contributed by atoms with Crippen molar-refractivity contribution in [3.05, 3.63) is 11.6 Å². The van der Waals surface area contributed by atoms with Gasteiger partial charge in [0.15, 0.2) is 0 Å². The average molecular weight is 133 g/mol. The normalized spacial score (nSPS) is 13.0. The Morgan fingerprint density at radius 2 is 1.88 bits per heavy atom. The van der Waals surface area contributed by atoms with Gasteiger partial charge < -0.3 is 0 Å². The molecule has 0 heterocycles. The third-order valence-electron chi connectivity index (χ3n) is 0.819. The lowest BCUT2D eigenvalue weighted by Crippen LogP contribution is -2.01. The van der Waals surface area contributed by atoms with Crippen molar-refractivity contribution >= 4 is 11.6 Å². The van der Waals surface area contributed by atoms with Crippen molar-refractivity contribution < 1.29 is 0 Å². The van der Waals surface area contributed by atoms with Crippen molar-refractivity contribution in [2.45, 2.75) is 27.2 Å². The van der Waals surface area contributed by atoms with E-state index < -0.39 is 0 Å². The second-order valence-corrected chi connectivity index (χ2v) is 3.38. The van der Waals surface area contributed by atoms with Gasteiger partial charge in [-0.3, -0.25) is 0 Å². The lowest BCUT2D eigenvalue weighted by atomic mass is 9.93. The van der Waals surface area contributed by atoms with Gasteiger partial charge in [-0.1, -0.05) is 38.4 Å². The lowest BCUT2D eigenvalue weighted by Gasteiger charge is -2.13. The minimum absolute atomic E-state index is 0.380. The van der Waals surface area contributed by atoms with Gasteiger partial charge in [-0.25, -0.2) is 0 Å². The zero-order valence-corrected chi connectivity index (χ0v) is 6.50. The van der Waals surface area contributed by atoms with Crippen molar-refractivity contribution in [2.24, 2.45) is 5.41 Å². The topological polar surface area (TPSA) is 0 Å². The molecular weight excluding hydrogens is 120 g/mol. The monoisotopic (exact) mass is 132 g/mol. The summed E-state index contributed by atoms with van der Waals surface area (Å²) in [5.74, 6) is 0. The summed E-state index contributed by atoms with van der Waals surface area (Å²) >= 11 is 5.33. The predicted octanol–water partition coefficient (Wildman–Crippen LogP) is 3.18. The Morgan fingerprint density at radius 3 is 2.00 bits per heavy atom. The van der Waals surface area contributed by atoms with Gasteiger partial charge in [0.2, 0.25) is 0 Å². The molecule has 0 aliphatic rings. The molecule has 0 amide bonds. The van der Waals surface area contributed by atoms with Crippen LogP contribution in [0.3, 0.4) is 0 Å². The van der Waals surface area contributed by atoms with E-state index >= 15 is 0 Å². The molecule has 48 valence electrons. The maximum atomic E-state index is 5.33. The van der Waals surface area contributed by atoms with Crippen molar-refractivity contribution in [3.8, 4) is 0 Å². The molecule has 0 fully saturated rings. The van der Waals surface area contributed by atoms with Gasteiger partial charge in [-0.2, -0.15) is 0 Å². The Labute approximate surface area is 56.5 Å².